The molecule has 8 nitrogen and oxygen atoms in total. The predicted molar refractivity (Wildman–Crippen MR) is 109 cm³/mol. The van der Waals surface area contributed by atoms with Crippen molar-refractivity contribution in [2.24, 2.45) is 0 Å². The summed E-state index contributed by atoms with van der Waals surface area (Å²) >= 11 is 0. The molecular weight excluding hydrogens is 386 g/mol. The van der Waals surface area contributed by atoms with E-state index in [0.717, 1.165) is 0 Å². The van der Waals surface area contributed by atoms with Gasteiger partial charge in [-0.25, -0.2) is 4.79 Å². The lowest BCUT2D eigenvalue weighted by atomic mass is 10.2. The summed E-state index contributed by atoms with van der Waals surface area (Å²) in [7, 11) is 1.53. The summed E-state index contributed by atoms with van der Waals surface area (Å²) in [6, 6.07) is 16.3. The molecule has 3 rings (SSSR count). The van der Waals surface area contributed by atoms with E-state index < -0.39 is 18.5 Å². The highest BCUT2D eigenvalue weighted by Gasteiger charge is 2.16. The highest BCUT2D eigenvalue weighted by molar-refractivity contribution is 5.98. The van der Waals surface area contributed by atoms with Crippen molar-refractivity contribution in [1.82, 2.24) is 10.3 Å². The zero-order valence-corrected chi connectivity index (χ0v) is 16.1. The Morgan fingerprint density at radius 3 is 2.43 bits per heavy atom. The minimum absolute atomic E-state index is 0.184. The van der Waals surface area contributed by atoms with Gasteiger partial charge in [0.25, 0.3) is 11.8 Å². The fourth-order valence-corrected chi connectivity index (χ4v) is 2.51. The third-order valence-corrected chi connectivity index (χ3v) is 3.96. The van der Waals surface area contributed by atoms with Gasteiger partial charge >= 0.3 is 5.97 Å². The number of hydrogen-bond donors (Lipinski definition) is 2. The summed E-state index contributed by atoms with van der Waals surface area (Å²) in [4.78, 5) is 40.0. The number of benzene rings is 2. The van der Waals surface area contributed by atoms with Crippen molar-refractivity contribution in [3.8, 4) is 11.5 Å². The lowest BCUT2D eigenvalue weighted by Gasteiger charge is -2.11. The zero-order valence-electron chi connectivity index (χ0n) is 16.1. The number of pyridine rings is 1. The molecule has 2 amide bonds. The van der Waals surface area contributed by atoms with Crippen LogP contribution in [-0.4, -0.2) is 36.4 Å². The first-order valence-corrected chi connectivity index (χ1v) is 9.03. The van der Waals surface area contributed by atoms with Gasteiger partial charge < -0.3 is 20.1 Å². The highest BCUT2D eigenvalue weighted by Crippen LogP contribution is 2.25. The number of aromatic nitrogens is 1. The SMILES string of the molecule is CNC(=O)c1ccc(NC(=O)COC(=O)c2ccccc2Oc2cccnc2)cc1. The van der Waals surface area contributed by atoms with Gasteiger partial charge in [-0.05, 0) is 48.5 Å². The maximum absolute atomic E-state index is 12.4. The van der Waals surface area contributed by atoms with Crippen LogP contribution in [0, 0.1) is 0 Å². The molecule has 0 bridgehead atoms. The van der Waals surface area contributed by atoms with E-state index in [2.05, 4.69) is 15.6 Å². The van der Waals surface area contributed by atoms with Gasteiger partial charge in [0, 0.05) is 24.5 Å². The average molecular weight is 405 g/mol. The van der Waals surface area contributed by atoms with Crippen molar-refractivity contribution in [2.75, 3.05) is 19.0 Å². The Hall–Kier alpha value is -4.20. The molecule has 2 aromatic carbocycles. The third-order valence-electron chi connectivity index (χ3n) is 3.96. The maximum atomic E-state index is 12.4. The molecule has 8 heteroatoms. The van der Waals surface area contributed by atoms with Gasteiger partial charge in [-0.3, -0.25) is 14.6 Å². The number of carbonyl (C=O) groups is 3. The molecule has 0 aliphatic carbocycles. The third kappa shape index (κ3) is 5.41. The van der Waals surface area contributed by atoms with E-state index in [1.807, 2.05) is 0 Å². The second kappa shape index (κ2) is 9.83. The Balaban J connectivity index is 1.58. The Bertz CT molecular complexity index is 1040. The molecule has 1 heterocycles. The minimum atomic E-state index is -0.695. The Morgan fingerprint density at radius 2 is 1.73 bits per heavy atom. The van der Waals surface area contributed by atoms with Gasteiger partial charge in [0.15, 0.2) is 6.61 Å². The predicted octanol–water partition coefficient (Wildman–Crippen LogP) is 3.03. The molecule has 0 fully saturated rings. The van der Waals surface area contributed by atoms with Crippen LogP contribution in [0.2, 0.25) is 0 Å². The molecule has 1 aromatic heterocycles. The van der Waals surface area contributed by atoms with E-state index in [0.29, 0.717) is 22.7 Å². The van der Waals surface area contributed by atoms with Crippen LogP contribution in [0.4, 0.5) is 5.69 Å². The van der Waals surface area contributed by atoms with E-state index >= 15 is 0 Å². The number of hydrogen-bond acceptors (Lipinski definition) is 6. The first kappa shape index (κ1) is 20.5. The topological polar surface area (TPSA) is 107 Å². The number of esters is 1. The molecular formula is C22H19N3O5. The van der Waals surface area contributed by atoms with Gasteiger partial charge in [-0.15, -0.1) is 0 Å². The second-order valence-electron chi connectivity index (χ2n) is 6.07. The number of rotatable bonds is 7. The summed E-state index contributed by atoms with van der Waals surface area (Å²) in [5, 5.41) is 5.11. The normalized spacial score (nSPS) is 10.0. The maximum Gasteiger partial charge on any atom is 0.342 e. The quantitative estimate of drug-likeness (QED) is 0.585. The molecule has 0 saturated heterocycles. The number of nitrogens with zero attached hydrogens (tertiary/aromatic N) is 1. The number of ether oxygens (including phenoxy) is 2. The van der Waals surface area contributed by atoms with Crippen molar-refractivity contribution in [3.05, 3.63) is 84.2 Å². The van der Waals surface area contributed by atoms with E-state index in [9.17, 15) is 14.4 Å². The van der Waals surface area contributed by atoms with Crippen LogP contribution in [0.3, 0.4) is 0 Å². The molecule has 0 aliphatic rings. The van der Waals surface area contributed by atoms with Gasteiger partial charge in [0.2, 0.25) is 0 Å². The van der Waals surface area contributed by atoms with Crippen molar-refractivity contribution >= 4 is 23.5 Å². The number of nitrogens with one attached hydrogen (secondary N) is 2. The number of para-hydroxylation sites is 1. The summed E-state index contributed by atoms with van der Waals surface area (Å²) in [6.45, 7) is -0.475. The second-order valence-corrected chi connectivity index (χ2v) is 6.07. The van der Waals surface area contributed by atoms with E-state index in [4.69, 9.17) is 9.47 Å². The van der Waals surface area contributed by atoms with Crippen LogP contribution < -0.4 is 15.4 Å². The molecule has 0 atom stereocenters. The zero-order chi connectivity index (χ0) is 21.3. The highest BCUT2D eigenvalue weighted by atomic mass is 16.5. The molecule has 0 radical (unpaired) electrons. The van der Waals surface area contributed by atoms with Gasteiger partial charge in [-0.2, -0.15) is 0 Å². The van der Waals surface area contributed by atoms with Crippen LogP contribution in [0.15, 0.2) is 73.1 Å². The molecule has 3 aromatic rings. The monoisotopic (exact) mass is 405 g/mol. The molecule has 0 spiro atoms. The molecule has 0 unspecified atom stereocenters. The fraction of sp³-hybridized carbons (Fsp3) is 0.0909. The average Bonchev–Trinajstić information content (AvgIpc) is 2.78. The molecule has 2 N–H and O–H groups in total. The summed E-state index contributed by atoms with van der Waals surface area (Å²) < 4.78 is 10.8. The van der Waals surface area contributed by atoms with Gasteiger partial charge in [-0.1, -0.05) is 12.1 Å². The molecule has 0 aliphatic heterocycles. The lowest BCUT2D eigenvalue weighted by molar-refractivity contribution is -0.119. The van der Waals surface area contributed by atoms with Crippen molar-refractivity contribution in [2.45, 2.75) is 0 Å². The van der Waals surface area contributed by atoms with E-state index in [1.165, 1.54) is 13.2 Å². The standard InChI is InChI=1S/C22H19N3O5/c1-23-21(27)15-8-10-16(11-9-15)25-20(26)14-29-22(28)18-6-2-3-7-19(18)30-17-5-4-12-24-13-17/h2-13H,14H2,1H3,(H,23,27)(H,25,26). The molecule has 30 heavy (non-hydrogen) atoms. The summed E-state index contributed by atoms with van der Waals surface area (Å²) in [5.74, 6) is -0.674. The van der Waals surface area contributed by atoms with Crippen LogP contribution >= 0.6 is 0 Å². The first-order valence-electron chi connectivity index (χ1n) is 9.03. The van der Waals surface area contributed by atoms with E-state index in [-0.39, 0.29) is 11.5 Å². The minimum Gasteiger partial charge on any atom is -0.455 e. The van der Waals surface area contributed by atoms with Crippen molar-refractivity contribution in [3.63, 3.8) is 0 Å². The Kier molecular flexibility index (Phi) is 6.73. The largest absolute Gasteiger partial charge is 0.455 e. The van der Waals surface area contributed by atoms with Crippen LogP contribution in [-0.2, 0) is 9.53 Å². The van der Waals surface area contributed by atoms with Crippen molar-refractivity contribution < 1.29 is 23.9 Å². The van der Waals surface area contributed by atoms with Crippen LogP contribution in [0.1, 0.15) is 20.7 Å². The molecule has 152 valence electrons. The first-order chi connectivity index (χ1) is 14.6. The summed E-state index contributed by atoms with van der Waals surface area (Å²) in [6.07, 6.45) is 3.13. The Morgan fingerprint density at radius 1 is 0.967 bits per heavy atom. The van der Waals surface area contributed by atoms with Crippen LogP contribution in [0.5, 0.6) is 11.5 Å². The summed E-state index contributed by atoms with van der Waals surface area (Å²) in [5.41, 5.74) is 1.13. The lowest BCUT2D eigenvalue weighted by Crippen LogP contribution is -2.21. The van der Waals surface area contributed by atoms with Crippen molar-refractivity contribution in [1.29, 1.82) is 0 Å². The van der Waals surface area contributed by atoms with E-state index in [1.54, 1.807) is 66.9 Å². The smallest absolute Gasteiger partial charge is 0.342 e. The Labute approximate surface area is 172 Å². The number of carbonyl (C=O) groups excluding carboxylic acids is 3. The van der Waals surface area contributed by atoms with Crippen LogP contribution in [0.25, 0.3) is 0 Å². The number of amides is 2. The van der Waals surface area contributed by atoms with Gasteiger partial charge in [0.1, 0.15) is 17.1 Å². The van der Waals surface area contributed by atoms with Gasteiger partial charge in [0.05, 0.1) is 6.20 Å². The fourth-order valence-electron chi connectivity index (χ4n) is 2.51. The molecule has 0 saturated carbocycles. The number of anilines is 1.